The Labute approximate surface area is 167 Å². The third-order valence-electron chi connectivity index (χ3n) is 6.18. The van der Waals surface area contributed by atoms with Gasteiger partial charge < -0.3 is 10.2 Å². The van der Waals surface area contributed by atoms with E-state index in [0.29, 0.717) is 12.1 Å². The van der Waals surface area contributed by atoms with Gasteiger partial charge in [-0.05, 0) is 83.4 Å². The van der Waals surface area contributed by atoms with E-state index in [4.69, 9.17) is 0 Å². The average molecular weight is 382 g/mol. The number of carbonyl (C=O) groups excluding carboxylic acids is 1. The molecule has 6 heteroatoms. The summed E-state index contributed by atoms with van der Waals surface area (Å²) >= 11 is 0. The Kier molecular flexibility index (Phi) is 5.78. The van der Waals surface area contributed by atoms with Crippen LogP contribution in [0, 0.1) is 0 Å². The van der Waals surface area contributed by atoms with Crippen LogP contribution in [-0.4, -0.2) is 63.2 Å². The monoisotopic (exact) mass is 381 g/mol. The van der Waals surface area contributed by atoms with Gasteiger partial charge in [0.1, 0.15) is 0 Å². The highest BCUT2D eigenvalue weighted by atomic mass is 16.2. The van der Waals surface area contributed by atoms with Gasteiger partial charge >= 0.3 is 0 Å². The van der Waals surface area contributed by atoms with Crippen LogP contribution in [0.1, 0.15) is 39.5 Å². The molecule has 0 bridgehead atoms. The Balaban J connectivity index is 1.40. The highest BCUT2D eigenvalue weighted by Gasteiger charge is 2.36. The van der Waals surface area contributed by atoms with E-state index in [1.807, 2.05) is 36.5 Å². The van der Waals surface area contributed by atoms with E-state index in [9.17, 15) is 4.79 Å². The maximum absolute atomic E-state index is 13.1. The van der Waals surface area contributed by atoms with Crippen molar-refractivity contribution in [2.45, 2.75) is 57.7 Å². The van der Waals surface area contributed by atoms with Gasteiger partial charge in [-0.2, -0.15) is 5.10 Å². The fourth-order valence-corrected chi connectivity index (χ4v) is 4.61. The molecule has 0 aliphatic carbocycles. The summed E-state index contributed by atoms with van der Waals surface area (Å²) in [6.45, 7) is 7.85. The summed E-state index contributed by atoms with van der Waals surface area (Å²) in [4.78, 5) is 18.1. The van der Waals surface area contributed by atoms with Crippen LogP contribution in [0.15, 0.2) is 42.7 Å². The number of likely N-dealkylation sites (tertiary alicyclic amines) is 2. The highest BCUT2D eigenvalue weighted by molar-refractivity contribution is 5.95. The Morgan fingerprint density at radius 1 is 1.14 bits per heavy atom. The van der Waals surface area contributed by atoms with E-state index in [0.717, 1.165) is 56.7 Å². The van der Waals surface area contributed by atoms with Gasteiger partial charge in [-0.15, -0.1) is 0 Å². The number of aromatic nitrogens is 2. The normalized spacial score (nSPS) is 22.0. The molecule has 2 aliphatic rings. The summed E-state index contributed by atoms with van der Waals surface area (Å²) < 4.78 is 1.81. The number of amides is 1. The number of carbonyl (C=O) groups is 1. The molecule has 1 N–H and O–H groups in total. The summed E-state index contributed by atoms with van der Waals surface area (Å²) in [5.41, 5.74) is 1.78. The lowest BCUT2D eigenvalue weighted by Gasteiger charge is -2.40. The number of nitrogens with one attached hydrogen (secondary N) is 1. The molecular formula is C22H31N5O. The molecule has 0 radical (unpaired) electrons. The number of benzene rings is 1. The molecule has 2 aliphatic heterocycles. The zero-order valence-electron chi connectivity index (χ0n) is 16.9. The Morgan fingerprint density at radius 3 is 2.68 bits per heavy atom. The van der Waals surface area contributed by atoms with Crippen molar-refractivity contribution in [3.05, 3.63) is 42.7 Å². The standard InChI is InChI=1S/C22H31N5O/c1-17(2)25-14-9-19(10-15-25)26-12-4-8-21(26)22(28)24-18-6-3-7-20(16-18)27-13-5-11-23-27/h3,5-7,11,13,16-17,19,21H,4,8-10,12,14-15H2,1-2H3,(H,24,28)/t21-/m0/s1. The summed E-state index contributed by atoms with van der Waals surface area (Å²) in [7, 11) is 0. The second-order valence-corrected chi connectivity index (χ2v) is 8.25. The first-order valence-corrected chi connectivity index (χ1v) is 10.5. The Morgan fingerprint density at radius 2 is 1.96 bits per heavy atom. The predicted molar refractivity (Wildman–Crippen MR) is 112 cm³/mol. The minimum absolute atomic E-state index is 0.0102. The number of piperidine rings is 1. The molecule has 2 aromatic rings. The van der Waals surface area contributed by atoms with Crippen molar-refractivity contribution in [2.24, 2.45) is 0 Å². The maximum atomic E-state index is 13.1. The van der Waals surface area contributed by atoms with Crippen molar-refractivity contribution in [3.8, 4) is 5.69 Å². The number of anilines is 1. The van der Waals surface area contributed by atoms with E-state index in [1.165, 1.54) is 0 Å². The van der Waals surface area contributed by atoms with E-state index in [1.54, 1.807) is 10.9 Å². The van der Waals surface area contributed by atoms with Crippen LogP contribution in [0.5, 0.6) is 0 Å². The first-order valence-electron chi connectivity index (χ1n) is 10.5. The Bertz CT molecular complexity index is 780. The molecule has 150 valence electrons. The molecule has 0 saturated carbocycles. The van der Waals surface area contributed by atoms with E-state index >= 15 is 0 Å². The minimum Gasteiger partial charge on any atom is -0.325 e. The number of hydrogen-bond acceptors (Lipinski definition) is 4. The predicted octanol–water partition coefficient (Wildman–Crippen LogP) is 3.15. The molecule has 3 heterocycles. The van der Waals surface area contributed by atoms with Crippen molar-refractivity contribution in [3.63, 3.8) is 0 Å². The zero-order valence-corrected chi connectivity index (χ0v) is 16.9. The molecule has 1 aromatic heterocycles. The largest absolute Gasteiger partial charge is 0.325 e. The van der Waals surface area contributed by atoms with Crippen molar-refractivity contribution < 1.29 is 4.79 Å². The molecule has 0 unspecified atom stereocenters. The third kappa shape index (κ3) is 4.13. The first-order chi connectivity index (χ1) is 13.6. The second kappa shape index (κ2) is 8.45. The van der Waals surface area contributed by atoms with Gasteiger partial charge in [0.25, 0.3) is 0 Å². The lowest BCUT2D eigenvalue weighted by Crippen LogP contribution is -2.51. The van der Waals surface area contributed by atoms with Gasteiger partial charge in [-0.1, -0.05) is 6.07 Å². The molecule has 4 rings (SSSR count). The SMILES string of the molecule is CC(C)N1CCC(N2CCC[C@H]2C(=O)Nc2cccc(-n3cccn3)c2)CC1. The van der Waals surface area contributed by atoms with E-state index in [-0.39, 0.29) is 11.9 Å². The second-order valence-electron chi connectivity index (χ2n) is 8.25. The van der Waals surface area contributed by atoms with Crippen LogP contribution >= 0.6 is 0 Å². The molecule has 2 saturated heterocycles. The molecule has 1 amide bonds. The molecule has 2 fully saturated rings. The minimum atomic E-state index is -0.0102. The van der Waals surface area contributed by atoms with Crippen LogP contribution < -0.4 is 5.32 Å². The quantitative estimate of drug-likeness (QED) is 0.864. The third-order valence-corrected chi connectivity index (χ3v) is 6.18. The van der Waals surface area contributed by atoms with E-state index < -0.39 is 0 Å². The maximum Gasteiger partial charge on any atom is 0.241 e. The van der Waals surface area contributed by atoms with E-state index in [2.05, 4.69) is 34.1 Å². The topological polar surface area (TPSA) is 53.4 Å². The van der Waals surface area contributed by atoms with Gasteiger partial charge in [0, 0.05) is 30.2 Å². The number of nitrogens with zero attached hydrogens (tertiary/aromatic N) is 4. The van der Waals surface area contributed by atoms with Crippen molar-refractivity contribution in [1.29, 1.82) is 0 Å². The van der Waals surface area contributed by atoms with Crippen molar-refractivity contribution >= 4 is 11.6 Å². The lowest BCUT2D eigenvalue weighted by molar-refractivity contribution is -0.121. The van der Waals surface area contributed by atoms with Crippen LogP contribution in [-0.2, 0) is 4.79 Å². The van der Waals surface area contributed by atoms with Gasteiger partial charge in [-0.3, -0.25) is 9.69 Å². The molecule has 6 nitrogen and oxygen atoms in total. The van der Waals surface area contributed by atoms with Gasteiger partial charge in [0.2, 0.25) is 5.91 Å². The van der Waals surface area contributed by atoms with Gasteiger partial charge in [0.15, 0.2) is 0 Å². The molecule has 0 spiro atoms. The summed E-state index contributed by atoms with van der Waals surface area (Å²) in [6.07, 6.45) is 8.05. The average Bonchev–Trinajstić information content (AvgIpc) is 3.40. The summed E-state index contributed by atoms with van der Waals surface area (Å²) in [6, 6.07) is 10.9. The van der Waals surface area contributed by atoms with Gasteiger partial charge in [-0.25, -0.2) is 4.68 Å². The first kappa shape index (κ1) is 19.2. The van der Waals surface area contributed by atoms with Crippen LogP contribution in [0.2, 0.25) is 0 Å². The fourth-order valence-electron chi connectivity index (χ4n) is 4.61. The van der Waals surface area contributed by atoms with Crippen LogP contribution in [0.4, 0.5) is 5.69 Å². The summed E-state index contributed by atoms with van der Waals surface area (Å²) in [5.74, 6) is 0.126. The molecular weight excluding hydrogens is 350 g/mol. The zero-order chi connectivity index (χ0) is 19.5. The number of rotatable bonds is 5. The summed E-state index contributed by atoms with van der Waals surface area (Å²) in [5, 5.41) is 7.42. The molecule has 28 heavy (non-hydrogen) atoms. The van der Waals surface area contributed by atoms with Crippen molar-refractivity contribution in [1.82, 2.24) is 19.6 Å². The lowest BCUT2D eigenvalue weighted by atomic mass is 10.0. The molecule has 1 aromatic carbocycles. The highest BCUT2D eigenvalue weighted by Crippen LogP contribution is 2.27. The van der Waals surface area contributed by atoms with Gasteiger partial charge in [0.05, 0.1) is 11.7 Å². The Hall–Kier alpha value is -2.18. The van der Waals surface area contributed by atoms with Crippen molar-refractivity contribution in [2.75, 3.05) is 25.0 Å². The fraction of sp³-hybridized carbons (Fsp3) is 0.545. The van der Waals surface area contributed by atoms with Crippen LogP contribution in [0.25, 0.3) is 5.69 Å². The smallest absolute Gasteiger partial charge is 0.241 e. The molecule has 1 atom stereocenters. The van der Waals surface area contributed by atoms with Crippen LogP contribution in [0.3, 0.4) is 0 Å². The number of hydrogen-bond donors (Lipinski definition) is 1.